The molecule has 3 aromatic rings. The highest BCUT2D eigenvalue weighted by molar-refractivity contribution is 7.80. The van der Waals surface area contributed by atoms with Crippen LogP contribution in [0.15, 0.2) is 47.3 Å². The predicted molar refractivity (Wildman–Crippen MR) is 109 cm³/mol. The third kappa shape index (κ3) is 4.95. The van der Waals surface area contributed by atoms with E-state index in [1.165, 1.54) is 0 Å². The Labute approximate surface area is 161 Å². The highest BCUT2D eigenvalue weighted by Crippen LogP contribution is 2.15. The molecule has 0 saturated carbocycles. The fraction of sp³-hybridized carbons (Fsp3) is 0.211. The van der Waals surface area contributed by atoms with Gasteiger partial charge in [0.1, 0.15) is 5.75 Å². The molecule has 2 aromatic carbocycles. The van der Waals surface area contributed by atoms with E-state index in [0.717, 1.165) is 5.75 Å². The summed E-state index contributed by atoms with van der Waals surface area (Å²) in [4.78, 5) is 28.9. The lowest BCUT2D eigenvalue weighted by molar-refractivity contribution is 0.0977. The lowest BCUT2D eigenvalue weighted by Gasteiger charge is -2.11. The van der Waals surface area contributed by atoms with Crippen LogP contribution in [0.2, 0.25) is 0 Å². The second-order valence-corrected chi connectivity index (χ2v) is 6.89. The topological polar surface area (TPSA) is 99.0 Å². The van der Waals surface area contributed by atoms with Crippen molar-refractivity contribution in [2.45, 2.75) is 13.8 Å². The molecule has 0 spiro atoms. The van der Waals surface area contributed by atoms with Gasteiger partial charge >= 0.3 is 5.69 Å². The summed E-state index contributed by atoms with van der Waals surface area (Å²) < 4.78 is 5.60. The first kappa shape index (κ1) is 18.7. The Morgan fingerprint density at radius 3 is 2.52 bits per heavy atom. The minimum absolute atomic E-state index is 0.164. The van der Waals surface area contributed by atoms with Crippen LogP contribution in [-0.2, 0) is 0 Å². The lowest BCUT2D eigenvalue weighted by atomic mass is 10.2. The molecule has 0 radical (unpaired) electrons. The van der Waals surface area contributed by atoms with Crippen molar-refractivity contribution in [2.24, 2.45) is 5.92 Å². The minimum Gasteiger partial charge on any atom is -0.493 e. The van der Waals surface area contributed by atoms with Gasteiger partial charge in [-0.05, 0) is 60.6 Å². The third-order valence-corrected chi connectivity index (χ3v) is 3.90. The summed E-state index contributed by atoms with van der Waals surface area (Å²) in [6.45, 7) is 4.76. The molecule has 0 saturated heterocycles. The van der Waals surface area contributed by atoms with E-state index >= 15 is 0 Å². The third-order valence-electron chi connectivity index (χ3n) is 3.70. The van der Waals surface area contributed by atoms with Gasteiger partial charge in [-0.3, -0.25) is 10.1 Å². The predicted octanol–water partition coefficient (Wildman–Crippen LogP) is 3.02. The number of ether oxygens (including phenoxy) is 1. The summed E-state index contributed by atoms with van der Waals surface area (Å²) in [5.41, 5.74) is 2.19. The van der Waals surface area contributed by atoms with E-state index in [9.17, 15) is 9.59 Å². The number of nitrogens with one attached hydrogen (secondary N) is 4. The van der Waals surface area contributed by atoms with Crippen LogP contribution in [-0.4, -0.2) is 27.6 Å². The van der Waals surface area contributed by atoms with E-state index in [4.69, 9.17) is 17.0 Å². The first-order chi connectivity index (χ1) is 12.9. The van der Waals surface area contributed by atoms with Crippen molar-refractivity contribution in [3.8, 4) is 5.75 Å². The number of H-pyrrole nitrogens is 2. The Kier molecular flexibility index (Phi) is 5.56. The molecule has 0 aliphatic rings. The van der Waals surface area contributed by atoms with E-state index in [2.05, 4.69) is 34.4 Å². The molecule has 1 amide bonds. The molecule has 4 N–H and O–H groups in total. The van der Waals surface area contributed by atoms with Crippen LogP contribution in [0.4, 0.5) is 5.69 Å². The average Bonchev–Trinajstić information content (AvgIpc) is 2.99. The number of anilines is 1. The quantitative estimate of drug-likeness (QED) is 0.507. The molecule has 7 nitrogen and oxygen atoms in total. The van der Waals surface area contributed by atoms with Crippen LogP contribution in [0.3, 0.4) is 0 Å². The zero-order chi connectivity index (χ0) is 19.4. The molecule has 140 valence electrons. The molecule has 0 atom stereocenters. The van der Waals surface area contributed by atoms with Crippen molar-refractivity contribution < 1.29 is 9.53 Å². The van der Waals surface area contributed by atoms with Gasteiger partial charge in [0.15, 0.2) is 5.11 Å². The van der Waals surface area contributed by atoms with Crippen LogP contribution in [0.25, 0.3) is 11.0 Å². The Morgan fingerprint density at radius 1 is 1.11 bits per heavy atom. The van der Waals surface area contributed by atoms with E-state index in [1.807, 2.05) is 0 Å². The van der Waals surface area contributed by atoms with Crippen LogP contribution < -0.4 is 21.1 Å². The molecular weight excluding hydrogens is 364 g/mol. The van der Waals surface area contributed by atoms with Gasteiger partial charge in [0, 0.05) is 11.3 Å². The SMILES string of the molecule is CC(C)COc1ccc(C(=O)NC(=S)Nc2ccc3[nH]c(=O)[nH]c3c2)cc1. The van der Waals surface area contributed by atoms with E-state index in [0.29, 0.717) is 34.8 Å². The fourth-order valence-electron chi connectivity index (χ4n) is 2.41. The smallest absolute Gasteiger partial charge is 0.323 e. The maximum absolute atomic E-state index is 12.3. The Hall–Kier alpha value is -3.13. The maximum atomic E-state index is 12.3. The standard InChI is InChI=1S/C19H20N4O3S/c1-11(2)10-26-14-6-3-12(4-7-14)17(24)23-19(27)20-13-5-8-15-16(9-13)22-18(25)21-15/h3-9,11H,10H2,1-2H3,(H2,21,22,25)(H2,20,23,24,27). The zero-order valence-electron chi connectivity index (χ0n) is 15.0. The molecule has 0 aliphatic heterocycles. The summed E-state index contributed by atoms with van der Waals surface area (Å²) in [5, 5.41) is 5.72. The van der Waals surface area contributed by atoms with Gasteiger partial charge in [-0.25, -0.2) is 4.79 Å². The van der Waals surface area contributed by atoms with Gasteiger partial charge in [0.2, 0.25) is 0 Å². The molecular formula is C19H20N4O3S. The summed E-state index contributed by atoms with van der Waals surface area (Å²) >= 11 is 5.19. The van der Waals surface area contributed by atoms with Gasteiger partial charge in [-0.1, -0.05) is 13.8 Å². The number of benzene rings is 2. The number of hydrogen-bond donors (Lipinski definition) is 4. The molecule has 8 heteroatoms. The number of thiocarbonyl (C=S) groups is 1. The van der Waals surface area contributed by atoms with Gasteiger partial charge in [-0.15, -0.1) is 0 Å². The van der Waals surface area contributed by atoms with Crippen molar-refractivity contribution >= 4 is 40.0 Å². The Morgan fingerprint density at radius 2 is 1.81 bits per heavy atom. The molecule has 0 unspecified atom stereocenters. The Bertz CT molecular complexity index is 1020. The van der Waals surface area contributed by atoms with E-state index in [-0.39, 0.29) is 16.7 Å². The van der Waals surface area contributed by atoms with Crippen molar-refractivity contribution in [3.05, 3.63) is 58.5 Å². The molecule has 1 aromatic heterocycles. The monoisotopic (exact) mass is 384 g/mol. The first-order valence-electron chi connectivity index (χ1n) is 8.48. The Balaban J connectivity index is 1.59. The number of imidazole rings is 1. The largest absolute Gasteiger partial charge is 0.493 e. The average molecular weight is 384 g/mol. The number of hydrogen-bond acceptors (Lipinski definition) is 4. The molecule has 0 fully saturated rings. The number of fused-ring (bicyclic) bond motifs is 1. The highest BCUT2D eigenvalue weighted by Gasteiger charge is 2.09. The van der Waals surface area contributed by atoms with Gasteiger partial charge < -0.3 is 20.0 Å². The zero-order valence-corrected chi connectivity index (χ0v) is 15.8. The summed E-state index contributed by atoms with van der Waals surface area (Å²) in [6.07, 6.45) is 0. The van der Waals surface area contributed by atoms with Crippen LogP contribution in [0.5, 0.6) is 5.75 Å². The van der Waals surface area contributed by atoms with Gasteiger partial charge in [-0.2, -0.15) is 0 Å². The molecule has 27 heavy (non-hydrogen) atoms. The summed E-state index contributed by atoms with van der Waals surface area (Å²) in [5.74, 6) is 0.827. The number of aromatic nitrogens is 2. The number of carbonyl (C=O) groups is 1. The maximum Gasteiger partial charge on any atom is 0.323 e. The molecule has 1 heterocycles. The molecule has 3 rings (SSSR count). The number of rotatable bonds is 5. The number of carbonyl (C=O) groups excluding carboxylic acids is 1. The molecule has 0 aliphatic carbocycles. The van der Waals surface area contributed by atoms with Crippen molar-refractivity contribution in [3.63, 3.8) is 0 Å². The number of amides is 1. The van der Waals surface area contributed by atoms with Crippen LogP contribution >= 0.6 is 12.2 Å². The molecule has 0 bridgehead atoms. The first-order valence-corrected chi connectivity index (χ1v) is 8.89. The van der Waals surface area contributed by atoms with Gasteiger partial charge in [0.25, 0.3) is 5.91 Å². The fourth-order valence-corrected chi connectivity index (χ4v) is 2.62. The van der Waals surface area contributed by atoms with Crippen LogP contribution in [0, 0.1) is 5.92 Å². The normalized spacial score (nSPS) is 10.8. The van der Waals surface area contributed by atoms with E-state index < -0.39 is 0 Å². The minimum atomic E-state index is -0.320. The second-order valence-electron chi connectivity index (χ2n) is 6.48. The summed E-state index contributed by atoms with van der Waals surface area (Å²) in [6, 6.07) is 12.1. The second kappa shape index (κ2) is 8.05. The van der Waals surface area contributed by atoms with Gasteiger partial charge in [0.05, 0.1) is 17.6 Å². The van der Waals surface area contributed by atoms with Crippen molar-refractivity contribution in [1.29, 1.82) is 0 Å². The lowest BCUT2D eigenvalue weighted by Crippen LogP contribution is -2.34. The van der Waals surface area contributed by atoms with Crippen LogP contribution in [0.1, 0.15) is 24.2 Å². The summed E-state index contributed by atoms with van der Waals surface area (Å²) in [7, 11) is 0. The van der Waals surface area contributed by atoms with Crippen molar-refractivity contribution in [2.75, 3.05) is 11.9 Å². The van der Waals surface area contributed by atoms with E-state index in [1.54, 1.807) is 42.5 Å². The highest BCUT2D eigenvalue weighted by atomic mass is 32.1. The van der Waals surface area contributed by atoms with Crippen molar-refractivity contribution in [1.82, 2.24) is 15.3 Å². The number of aromatic amines is 2.